The van der Waals surface area contributed by atoms with Gasteiger partial charge < -0.3 is 12.4 Å². The van der Waals surface area contributed by atoms with Crippen molar-refractivity contribution < 1.29 is 17.0 Å². The van der Waals surface area contributed by atoms with Gasteiger partial charge in [-0.05, 0) is 37.1 Å². The lowest BCUT2D eigenvalue weighted by Gasteiger charge is -2.06. The van der Waals surface area contributed by atoms with Gasteiger partial charge in [0.25, 0.3) is 5.82 Å². The van der Waals surface area contributed by atoms with Crippen molar-refractivity contribution in [1.29, 1.82) is 0 Å². The third-order valence-electron chi connectivity index (χ3n) is 6.63. The minimum Gasteiger partial charge on any atom is -1.00 e. The van der Waals surface area contributed by atoms with Crippen LogP contribution in [0.5, 0.6) is 0 Å². The van der Waals surface area contributed by atoms with Gasteiger partial charge in [0.15, 0.2) is 0 Å². The Kier molecular flexibility index (Phi) is 19.5. The number of aromatic nitrogens is 2. The number of halogens is 1. The Morgan fingerprint density at radius 3 is 1.79 bits per heavy atom. The molecule has 2 aromatic rings. The molecule has 0 radical (unpaired) electrons. The van der Waals surface area contributed by atoms with Crippen LogP contribution in [0.1, 0.15) is 117 Å². The first-order valence-electron chi connectivity index (χ1n) is 14.1. The standard InChI is InChI=1S/C30H51N2S.ClH/c1-3-5-7-9-11-12-13-14-15-20-24-31-25-26-32(30(31)29-22-18-17-19-23-29)28-33-27-21-16-10-8-6-4-2;/h17-19,22-23,25-26H,3-16,20-21,24,27-28H2,1-2H3;1H/q+1;/p-1. The Morgan fingerprint density at radius 2 is 1.21 bits per heavy atom. The van der Waals surface area contributed by atoms with E-state index in [-0.39, 0.29) is 12.4 Å². The minimum absolute atomic E-state index is 0. The van der Waals surface area contributed by atoms with Gasteiger partial charge in [-0.1, -0.05) is 116 Å². The average molecular weight is 507 g/mol. The van der Waals surface area contributed by atoms with E-state index < -0.39 is 0 Å². The highest BCUT2D eigenvalue weighted by Gasteiger charge is 2.18. The molecule has 0 saturated carbocycles. The molecule has 1 aromatic heterocycles. The SMILES string of the molecule is CCCCCCCCCCCCn1cc[n+](CSCCCCCCCC)c1-c1ccccc1.[Cl-]. The topological polar surface area (TPSA) is 8.81 Å². The smallest absolute Gasteiger partial charge is 0.289 e. The fourth-order valence-corrected chi connectivity index (χ4v) is 5.53. The summed E-state index contributed by atoms with van der Waals surface area (Å²) in [7, 11) is 0. The molecule has 0 aliphatic rings. The number of hydrogen-bond acceptors (Lipinski definition) is 1. The number of thioether (sulfide) groups is 1. The van der Waals surface area contributed by atoms with Crippen LogP contribution >= 0.6 is 11.8 Å². The molecule has 34 heavy (non-hydrogen) atoms. The highest BCUT2D eigenvalue weighted by molar-refractivity contribution is 7.98. The quantitative estimate of drug-likeness (QED) is 0.140. The first-order chi connectivity index (χ1) is 16.4. The molecule has 0 bridgehead atoms. The van der Waals surface area contributed by atoms with Crippen LogP contribution in [0.15, 0.2) is 42.7 Å². The number of imidazole rings is 1. The Morgan fingerprint density at radius 1 is 0.676 bits per heavy atom. The molecule has 194 valence electrons. The third-order valence-corrected chi connectivity index (χ3v) is 7.67. The lowest BCUT2D eigenvalue weighted by atomic mass is 10.1. The van der Waals surface area contributed by atoms with Crippen molar-refractivity contribution in [2.75, 3.05) is 5.75 Å². The van der Waals surface area contributed by atoms with E-state index >= 15 is 0 Å². The molecule has 0 atom stereocenters. The summed E-state index contributed by atoms with van der Waals surface area (Å²) in [6, 6.07) is 11.0. The van der Waals surface area contributed by atoms with Crippen LogP contribution in [0, 0.1) is 0 Å². The number of benzene rings is 1. The Balaban J connectivity index is 0.00000578. The summed E-state index contributed by atoms with van der Waals surface area (Å²) >= 11 is 2.09. The van der Waals surface area contributed by atoms with Crippen LogP contribution in [0.4, 0.5) is 0 Å². The van der Waals surface area contributed by atoms with Crippen LogP contribution in [-0.4, -0.2) is 10.3 Å². The van der Waals surface area contributed by atoms with E-state index in [9.17, 15) is 0 Å². The van der Waals surface area contributed by atoms with Gasteiger partial charge in [0.05, 0.1) is 12.1 Å². The van der Waals surface area contributed by atoms with Gasteiger partial charge in [-0.3, -0.25) is 0 Å². The summed E-state index contributed by atoms with van der Waals surface area (Å²) in [5.41, 5.74) is 1.34. The predicted molar refractivity (Wildman–Crippen MR) is 148 cm³/mol. The molecule has 1 heterocycles. The van der Waals surface area contributed by atoms with E-state index in [1.165, 1.54) is 120 Å². The van der Waals surface area contributed by atoms with Crippen molar-refractivity contribution in [2.24, 2.45) is 0 Å². The zero-order chi connectivity index (χ0) is 23.4. The monoisotopic (exact) mass is 506 g/mol. The van der Waals surface area contributed by atoms with Gasteiger partial charge in [-0.2, -0.15) is 0 Å². The molecule has 0 spiro atoms. The second-order valence-electron chi connectivity index (χ2n) is 9.64. The van der Waals surface area contributed by atoms with Gasteiger partial charge in [-0.15, -0.1) is 11.8 Å². The predicted octanol–water partition coefficient (Wildman–Crippen LogP) is 6.42. The first-order valence-corrected chi connectivity index (χ1v) is 15.2. The largest absolute Gasteiger partial charge is 1.00 e. The zero-order valence-electron chi connectivity index (χ0n) is 22.2. The fourth-order valence-electron chi connectivity index (χ4n) is 4.59. The van der Waals surface area contributed by atoms with Crippen LogP contribution < -0.4 is 17.0 Å². The second-order valence-corrected chi connectivity index (χ2v) is 10.7. The maximum absolute atomic E-state index is 2.49. The average Bonchev–Trinajstić information content (AvgIpc) is 3.25. The maximum atomic E-state index is 2.49. The molecule has 1 aromatic carbocycles. The van der Waals surface area contributed by atoms with E-state index in [0.29, 0.717) is 0 Å². The number of unbranched alkanes of at least 4 members (excludes halogenated alkanes) is 14. The summed E-state index contributed by atoms with van der Waals surface area (Å²) in [5.74, 6) is 3.71. The Bertz CT molecular complexity index is 701. The lowest BCUT2D eigenvalue weighted by Crippen LogP contribution is -3.00. The van der Waals surface area contributed by atoms with Crippen molar-refractivity contribution in [1.82, 2.24) is 4.57 Å². The van der Waals surface area contributed by atoms with Crippen LogP contribution in [0.3, 0.4) is 0 Å². The first kappa shape index (κ1) is 31.1. The van der Waals surface area contributed by atoms with E-state index in [4.69, 9.17) is 0 Å². The van der Waals surface area contributed by atoms with Crippen LogP contribution in [0.25, 0.3) is 11.4 Å². The summed E-state index contributed by atoms with van der Waals surface area (Å²) < 4.78 is 4.96. The van der Waals surface area contributed by atoms with Gasteiger partial charge in [0.2, 0.25) is 0 Å². The number of hydrogen-bond donors (Lipinski definition) is 0. The van der Waals surface area contributed by atoms with E-state index in [0.717, 1.165) is 12.4 Å². The van der Waals surface area contributed by atoms with E-state index in [1.54, 1.807) is 0 Å². The van der Waals surface area contributed by atoms with Crippen molar-refractivity contribution in [3.63, 3.8) is 0 Å². The Labute approximate surface area is 221 Å². The molecular formula is C30H51ClN2S. The zero-order valence-corrected chi connectivity index (χ0v) is 23.7. The number of nitrogens with zero attached hydrogens (tertiary/aromatic N) is 2. The lowest BCUT2D eigenvalue weighted by molar-refractivity contribution is -0.664. The van der Waals surface area contributed by atoms with Gasteiger partial charge in [0, 0.05) is 0 Å². The Hall–Kier alpha value is -0.930. The molecule has 2 rings (SSSR count). The molecule has 0 aliphatic carbocycles. The fraction of sp³-hybridized carbons (Fsp3) is 0.700. The van der Waals surface area contributed by atoms with Crippen molar-refractivity contribution in [2.45, 2.75) is 129 Å². The normalized spacial score (nSPS) is 11.0. The molecular weight excluding hydrogens is 456 g/mol. The van der Waals surface area contributed by atoms with E-state index in [1.807, 2.05) is 0 Å². The van der Waals surface area contributed by atoms with Crippen molar-refractivity contribution in [3.05, 3.63) is 42.7 Å². The molecule has 0 amide bonds. The summed E-state index contributed by atoms with van der Waals surface area (Å²) in [5, 5.41) is 0. The molecule has 0 aliphatic heterocycles. The third kappa shape index (κ3) is 13.2. The molecule has 2 nitrogen and oxygen atoms in total. The summed E-state index contributed by atoms with van der Waals surface area (Å²) in [4.78, 5) is 0. The number of aryl methyl sites for hydroxylation is 1. The molecule has 0 fully saturated rings. The second kappa shape index (κ2) is 21.4. The molecule has 4 heteroatoms. The highest BCUT2D eigenvalue weighted by atomic mass is 35.5. The van der Waals surface area contributed by atoms with Gasteiger partial charge in [0.1, 0.15) is 18.3 Å². The highest BCUT2D eigenvalue weighted by Crippen LogP contribution is 2.19. The van der Waals surface area contributed by atoms with Crippen molar-refractivity contribution >= 4 is 11.8 Å². The molecule has 0 unspecified atom stereocenters. The molecule has 0 N–H and O–H groups in total. The summed E-state index contributed by atoms with van der Waals surface area (Å²) in [6.45, 7) is 5.72. The van der Waals surface area contributed by atoms with E-state index in [2.05, 4.69) is 77.5 Å². The summed E-state index contributed by atoms with van der Waals surface area (Å²) in [6.07, 6.45) is 26.9. The van der Waals surface area contributed by atoms with Crippen molar-refractivity contribution in [3.8, 4) is 11.4 Å². The van der Waals surface area contributed by atoms with Gasteiger partial charge >= 0.3 is 0 Å². The van der Waals surface area contributed by atoms with Gasteiger partial charge in [-0.25, -0.2) is 9.13 Å². The molecule has 0 saturated heterocycles. The van der Waals surface area contributed by atoms with Crippen LogP contribution in [0.2, 0.25) is 0 Å². The number of rotatable bonds is 21. The van der Waals surface area contributed by atoms with Crippen LogP contribution in [-0.2, 0) is 12.4 Å². The maximum Gasteiger partial charge on any atom is 0.289 e. The minimum atomic E-state index is 0.